The lowest BCUT2D eigenvalue weighted by Crippen LogP contribution is -2.06. The van der Waals surface area contributed by atoms with Crippen molar-refractivity contribution in [2.24, 2.45) is 0 Å². The molecule has 0 fully saturated rings. The number of phenols is 2. The lowest BCUT2D eigenvalue weighted by Gasteiger charge is -2.17. The van der Waals surface area contributed by atoms with Gasteiger partial charge in [0.1, 0.15) is 5.75 Å². The molecule has 0 amide bonds. The molecule has 0 aliphatic heterocycles. The Hall–Kier alpha value is -2.10. The molecule has 0 saturated heterocycles. The van der Waals surface area contributed by atoms with Gasteiger partial charge in [0.05, 0.1) is 0 Å². The standard InChI is InChI=1S/C17H16F2O2/c18-16-14(6-7-15(21)17(16)19)12-3-1-2-10-9-13(20)5-4-11(10)8-12/h4-7,9,12,20-21H,1-3,8H2. The lowest BCUT2D eigenvalue weighted by molar-refractivity contribution is 0.400. The monoisotopic (exact) mass is 290 g/mol. The number of hydrogen-bond acceptors (Lipinski definition) is 2. The molecule has 0 heterocycles. The fraction of sp³-hybridized carbons (Fsp3) is 0.294. The minimum atomic E-state index is -1.18. The van der Waals surface area contributed by atoms with Gasteiger partial charge in [-0.15, -0.1) is 0 Å². The number of aryl methyl sites for hydroxylation is 1. The molecule has 2 N–H and O–H groups in total. The quantitative estimate of drug-likeness (QED) is 0.778. The van der Waals surface area contributed by atoms with E-state index < -0.39 is 17.4 Å². The van der Waals surface area contributed by atoms with Crippen LogP contribution in [0.2, 0.25) is 0 Å². The number of rotatable bonds is 1. The zero-order chi connectivity index (χ0) is 15.0. The Labute approximate surface area is 121 Å². The third kappa shape index (κ3) is 2.58. The molecule has 3 rings (SSSR count). The maximum atomic E-state index is 14.0. The van der Waals surface area contributed by atoms with E-state index >= 15 is 0 Å². The number of halogens is 2. The zero-order valence-electron chi connectivity index (χ0n) is 11.4. The summed E-state index contributed by atoms with van der Waals surface area (Å²) in [5, 5.41) is 18.8. The highest BCUT2D eigenvalue weighted by atomic mass is 19.2. The molecule has 0 bridgehead atoms. The highest BCUT2D eigenvalue weighted by molar-refractivity contribution is 5.39. The van der Waals surface area contributed by atoms with Gasteiger partial charge in [0.2, 0.25) is 5.82 Å². The second kappa shape index (κ2) is 5.35. The number of hydrogen-bond donors (Lipinski definition) is 2. The number of fused-ring (bicyclic) bond motifs is 1. The molecule has 2 nitrogen and oxygen atoms in total. The lowest BCUT2D eigenvalue weighted by atomic mass is 9.89. The minimum absolute atomic E-state index is 0.120. The second-order valence-electron chi connectivity index (χ2n) is 5.55. The van der Waals surface area contributed by atoms with Crippen LogP contribution in [0.5, 0.6) is 11.5 Å². The van der Waals surface area contributed by atoms with Crippen molar-refractivity contribution < 1.29 is 19.0 Å². The van der Waals surface area contributed by atoms with E-state index in [1.165, 1.54) is 12.1 Å². The summed E-state index contributed by atoms with van der Waals surface area (Å²) in [4.78, 5) is 0. The summed E-state index contributed by atoms with van der Waals surface area (Å²) in [7, 11) is 0. The molecule has 4 heteroatoms. The molecule has 1 aliphatic rings. The van der Waals surface area contributed by atoms with Gasteiger partial charge in [-0.05, 0) is 66.5 Å². The van der Waals surface area contributed by atoms with Crippen molar-refractivity contribution in [3.63, 3.8) is 0 Å². The van der Waals surface area contributed by atoms with Crippen LogP contribution < -0.4 is 0 Å². The first-order chi connectivity index (χ1) is 10.1. The molecule has 1 atom stereocenters. The van der Waals surface area contributed by atoms with Crippen molar-refractivity contribution in [2.75, 3.05) is 0 Å². The van der Waals surface area contributed by atoms with E-state index in [2.05, 4.69) is 0 Å². The van der Waals surface area contributed by atoms with Crippen LogP contribution in [-0.2, 0) is 12.8 Å². The predicted molar refractivity (Wildman–Crippen MR) is 75.5 cm³/mol. The molecular weight excluding hydrogens is 274 g/mol. The summed E-state index contributed by atoms with van der Waals surface area (Å²) >= 11 is 0. The van der Waals surface area contributed by atoms with E-state index in [9.17, 15) is 19.0 Å². The van der Waals surface area contributed by atoms with Crippen LogP contribution in [0, 0.1) is 11.6 Å². The van der Waals surface area contributed by atoms with E-state index in [0.717, 1.165) is 30.4 Å². The Bertz CT molecular complexity index is 683. The molecule has 21 heavy (non-hydrogen) atoms. The molecule has 0 spiro atoms. The van der Waals surface area contributed by atoms with Crippen molar-refractivity contribution in [3.8, 4) is 11.5 Å². The van der Waals surface area contributed by atoms with Gasteiger partial charge >= 0.3 is 0 Å². The molecule has 0 saturated carbocycles. The summed E-state index contributed by atoms with van der Waals surface area (Å²) < 4.78 is 27.6. The van der Waals surface area contributed by atoms with Gasteiger partial charge < -0.3 is 10.2 Å². The van der Waals surface area contributed by atoms with Gasteiger partial charge in [-0.1, -0.05) is 12.1 Å². The minimum Gasteiger partial charge on any atom is -0.508 e. The highest BCUT2D eigenvalue weighted by Crippen LogP contribution is 2.35. The van der Waals surface area contributed by atoms with E-state index in [-0.39, 0.29) is 11.7 Å². The molecule has 0 aromatic heterocycles. The first-order valence-electron chi connectivity index (χ1n) is 7.04. The summed E-state index contributed by atoms with van der Waals surface area (Å²) in [6.45, 7) is 0. The van der Waals surface area contributed by atoms with E-state index in [1.54, 1.807) is 12.1 Å². The molecule has 1 unspecified atom stereocenters. The maximum absolute atomic E-state index is 14.0. The first kappa shape index (κ1) is 13.9. The summed E-state index contributed by atoms with van der Waals surface area (Å²) in [6, 6.07) is 7.87. The van der Waals surface area contributed by atoms with Gasteiger partial charge in [0.25, 0.3) is 0 Å². The van der Waals surface area contributed by atoms with Crippen LogP contribution in [0.3, 0.4) is 0 Å². The van der Waals surface area contributed by atoms with Gasteiger partial charge in [-0.3, -0.25) is 0 Å². The van der Waals surface area contributed by atoms with Crippen LogP contribution in [0.1, 0.15) is 35.4 Å². The third-order valence-electron chi connectivity index (χ3n) is 4.19. The van der Waals surface area contributed by atoms with Gasteiger partial charge in [-0.25, -0.2) is 4.39 Å². The Morgan fingerprint density at radius 2 is 1.76 bits per heavy atom. The molecule has 0 radical (unpaired) electrons. The molecule has 2 aromatic carbocycles. The van der Waals surface area contributed by atoms with Crippen LogP contribution in [-0.4, -0.2) is 10.2 Å². The smallest absolute Gasteiger partial charge is 0.200 e. The van der Waals surface area contributed by atoms with Crippen molar-refractivity contribution in [1.82, 2.24) is 0 Å². The Morgan fingerprint density at radius 1 is 0.952 bits per heavy atom. The first-order valence-corrected chi connectivity index (χ1v) is 7.04. The van der Waals surface area contributed by atoms with Gasteiger partial charge in [-0.2, -0.15) is 4.39 Å². The molecule has 2 aromatic rings. The SMILES string of the molecule is Oc1ccc2c(c1)CCCC(c1ccc(O)c(F)c1F)C2. The van der Waals surface area contributed by atoms with Crippen molar-refractivity contribution >= 4 is 0 Å². The van der Waals surface area contributed by atoms with Crippen LogP contribution in [0.15, 0.2) is 30.3 Å². The van der Waals surface area contributed by atoms with Crippen LogP contribution in [0.4, 0.5) is 8.78 Å². The van der Waals surface area contributed by atoms with Crippen LogP contribution >= 0.6 is 0 Å². The molecule has 110 valence electrons. The topological polar surface area (TPSA) is 40.5 Å². The number of benzene rings is 2. The number of phenolic OH excluding ortho intramolecular Hbond substituents is 2. The summed E-state index contributed by atoms with van der Waals surface area (Å²) in [6.07, 6.45) is 3.03. The van der Waals surface area contributed by atoms with E-state index in [0.29, 0.717) is 12.0 Å². The summed E-state index contributed by atoms with van der Waals surface area (Å²) in [5.41, 5.74) is 2.44. The van der Waals surface area contributed by atoms with E-state index in [1.807, 2.05) is 6.07 Å². The Kier molecular flexibility index (Phi) is 3.53. The predicted octanol–water partition coefficient (Wildman–Crippen LogP) is 4.04. The van der Waals surface area contributed by atoms with Gasteiger partial charge in [0, 0.05) is 0 Å². The Balaban J connectivity index is 1.97. The van der Waals surface area contributed by atoms with E-state index in [4.69, 9.17) is 0 Å². The third-order valence-corrected chi connectivity index (χ3v) is 4.19. The van der Waals surface area contributed by atoms with Gasteiger partial charge in [0.15, 0.2) is 11.6 Å². The fourth-order valence-electron chi connectivity index (χ4n) is 3.09. The van der Waals surface area contributed by atoms with Crippen molar-refractivity contribution in [2.45, 2.75) is 31.6 Å². The van der Waals surface area contributed by atoms with Crippen molar-refractivity contribution in [3.05, 3.63) is 58.7 Å². The Morgan fingerprint density at radius 3 is 2.57 bits per heavy atom. The fourth-order valence-corrected chi connectivity index (χ4v) is 3.09. The average molecular weight is 290 g/mol. The molecular formula is C17H16F2O2. The molecule has 1 aliphatic carbocycles. The normalized spacial score (nSPS) is 18.1. The second-order valence-corrected chi connectivity index (χ2v) is 5.55. The van der Waals surface area contributed by atoms with Crippen molar-refractivity contribution in [1.29, 1.82) is 0 Å². The van der Waals surface area contributed by atoms with Crippen LogP contribution in [0.25, 0.3) is 0 Å². The maximum Gasteiger partial charge on any atom is 0.200 e. The highest BCUT2D eigenvalue weighted by Gasteiger charge is 2.23. The summed E-state index contributed by atoms with van der Waals surface area (Å²) in [5.74, 6) is -2.68. The largest absolute Gasteiger partial charge is 0.508 e. The zero-order valence-corrected chi connectivity index (χ0v) is 11.4. The average Bonchev–Trinajstić information content (AvgIpc) is 2.66. The number of aromatic hydroxyl groups is 2.